The van der Waals surface area contributed by atoms with Gasteiger partial charge in [-0.1, -0.05) is 54.1 Å². The lowest BCUT2D eigenvalue weighted by Crippen LogP contribution is -3.13. The van der Waals surface area contributed by atoms with Crippen LogP contribution in [-0.4, -0.2) is 43.5 Å². The van der Waals surface area contributed by atoms with Gasteiger partial charge in [0.05, 0.1) is 26.2 Å². The standard InChI is InChI=1S/C22H28ClN3O/c1-17-7-3-4-8-19(17)16-25-11-13-26(14-12-25)22(27)15-24-18(2)20-9-5-6-10-21(20)23/h3-10,18,24H,11-16H2,1-2H3/p+2/t18-/m1/s1. The first-order chi connectivity index (χ1) is 13.0. The maximum atomic E-state index is 12.6. The van der Waals surface area contributed by atoms with Gasteiger partial charge in [-0.15, -0.1) is 0 Å². The van der Waals surface area contributed by atoms with Crippen molar-refractivity contribution in [2.45, 2.75) is 26.4 Å². The summed E-state index contributed by atoms with van der Waals surface area (Å²) in [5.74, 6) is 0.226. The quantitative estimate of drug-likeness (QED) is 0.768. The molecule has 0 aliphatic carbocycles. The van der Waals surface area contributed by atoms with Crippen LogP contribution >= 0.6 is 11.6 Å². The number of hydrogen-bond donors (Lipinski definition) is 2. The molecule has 2 aromatic rings. The molecule has 0 saturated carbocycles. The number of quaternary nitrogens is 2. The SMILES string of the molecule is Cc1ccccc1C[NH+]1CCN(C(=O)C[NH2+][C@H](C)c2ccccc2Cl)CC1. The number of halogens is 1. The first kappa shape index (κ1) is 19.9. The molecule has 5 heteroatoms. The van der Waals surface area contributed by atoms with Crippen LogP contribution in [0.4, 0.5) is 0 Å². The van der Waals surface area contributed by atoms with Gasteiger partial charge in [0.15, 0.2) is 6.54 Å². The Morgan fingerprint density at radius 3 is 2.52 bits per heavy atom. The molecule has 144 valence electrons. The van der Waals surface area contributed by atoms with Crippen molar-refractivity contribution in [1.82, 2.24) is 4.90 Å². The summed E-state index contributed by atoms with van der Waals surface area (Å²) in [5.41, 5.74) is 3.85. The summed E-state index contributed by atoms with van der Waals surface area (Å²) in [6, 6.07) is 16.6. The number of hydrogen-bond acceptors (Lipinski definition) is 1. The zero-order valence-electron chi connectivity index (χ0n) is 16.2. The lowest BCUT2D eigenvalue weighted by molar-refractivity contribution is -0.917. The van der Waals surface area contributed by atoms with Gasteiger partial charge < -0.3 is 15.1 Å². The molecule has 3 N–H and O–H groups in total. The molecule has 0 radical (unpaired) electrons. The van der Waals surface area contributed by atoms with E-state index in [1.54, 1.807) is 4.90 Å². The first-order valence-corrected chi connectivity index (χ1v) is 10.2. The monoisotopic (exact) mass is 387 g/mol. The Balaban J connectivity index is 1.45. The van der Waals surface area contributed by atoms with E-state index in [4.69, 9.17) is 11.6 Å². The highest BCUT2D eigenvalue weighted by Crippen LogP contribution is 2.19. The molecular weight excluding hydrogens is 358 g/mol. The Morgan fingerprint density at radius 2 is 1.81 bits per heavy atom. The first-order valence-electron chi connectivity index (χ1n) is 9.78. The van der Waals surface area contributed by atoms with E-state index in [0.717, 1.165) is 43.3 Å². The fourth-order valence-corrected chi connectivity index (χ4v) is 4.01. The van der Waals surface area contributed by atoms with Gasteiger partial charge in [0.25, 0.3) is 5.91 Å². The van der Waals surface area contributed by atoms with E-state index in [-0.39, 0.29) is 11.9 Å². The highest BCUT2D eigenvalue weighted by atomic mass is 35.5. The minimum atomic E-state index is 0.176. The summed E-state index contributed by atoms with van der Waals surface area (Å²) in [6.45, 7) is 9.50. The Morgan fingerprint density at radius 1 is 1.15 bits per heavy atom. The summed E-state index contributed by atoms with van der Waals surface area (Å²) in [4.78, 5) is 16.2. The van der Waals surface area contributed by atoms with Gasteiger partial charge in [-0.2, -0.15) is 0 Å². The number of nitrogens with one attached hydrogen (secondary N) is 1. The van der Waals surface area contributed by atoms with Crippen LogP contribution < -0.4 is 10.2 Å². The van der Waals surface area contributed by atoms with E-state index < -0.39 is 0 Å². The third-order valence-corrected chi connectivity index (χ3v) is 5.91. The smallest absolute Gasteiger partial charge is 0.278 e. The highest BCUT2D eigenvalue weighted by molar-refractivity contribution is 6.31. The minimum absolute atomic E-state index is 0.176. The maximum absolute atomic E-state index is 12.6. The Hall–Kier alpha value is -1.88. The lowest BCUT2D eigenvalue weighted by atomic mass is 10.1. The molecular formula is C22H30ClN3O+2. The van der Waals surface area contributed by atoms with Gasteiger partial charge in [-0.3, -0.25) is 4.79 Å². The van der Waals surface area contributed by atoms with Crippen molar-refractivity contribution in [3.63, 3.8) is 0 Å². The van der Waals surface area contributed by atoms with Crippen molar-refractivity contribution in [2.75, 3.05) is 32.7 Å². The van der Waals surface area contributed by atoms with Gasteiger partial charge in [-0.25, -0.2) is 0 Å². The molecule has 0 unspecified atom stereocenters. The normalized spacial score (nSPS) is 16.3. The number of carbonyl (C=O) groups is 1. The molecule has 4 nitrogen and oxygen atoms in total. The summed E-state index contributed by atoms with van der Waals surface area (Å²) in [5, 5.41) is 2.85. The average Bonchev–Trinajstić information content (AvgIpc) is 2.68. The van der Waals surface area contributed by atoms with Crippen molar-refractivity contribution in [1.29, 1.82) is 0 Å². The van der Waals surface area contributed by atoms with Crippen LogP contribution in [0.25, 0.3) is 0 Å². The Kier molecular flexibility index (Phi) is 6.89. The molecule has 2 aromatic carbocycles. The number of nitrogens with two attached hydrogens (primary N) is 1. The van der Waals surface area contributed by atoms with Crippen molar-refractivity contribution in [3.8, 4) is 0 Å². The number of nitrogens with zero attached hydrogens (tertiary/aromatic N) is 1. The molecule has 1 aliphatic heterocycles. The van der Waals surface area contributed by atoms with Gasteiger partial charge in [-0.05, 0) is 25.5 Å². The lowest BCUT2D eigenvalue weighted by Gasteiger charge is -2.32. The third kappa shape index (κ3) is 5.32. The van der Waals surface area contributed by atoms with Crippen LogP contribution in [0, 0.1) is 6.92 Å². The molecule has 1 atom stereocenters. The van der Waals surface area contributed by atoms with Crippen molar-refractivity contribution >= 4 is 17.5 Å². The number of aryl methyl sites for hydroxylation is 1. The van der Waals surface area contributed by atoms with E-state index in [2.05, 4.69) is 43.4 Å². The zero-order valence-corrected chi connectivity index (χ0v) is 17.0. The summed E-state index contributed by atoms with van der Waals surface area (Å²) >= 11 is 6.26. The van der Waals surface area contributed by atoms with Crippen molar-refractivity contribution in [2.24, 2.45) is 0 Å². The van der Waals surface area contributed by atoms with Crippen molar-refractivity contribution in [3.05, 3.63) is 70.2 Å². The fourth-order valence-electron chi connectivity index (χ4n) is 3.70. The zero-order chi connectivity index (χ0) is 19.2. The fraction of sp³-hybridized carbons (Fsp3) is 0.409. The number of benzene rings is 2. The van der Waals surface area contributed by atoms with E-state index in [1.165, 1.54) is 11.1 Å². The second kappa shape index (κ2) is 9.36. The van der Waals surface area contributed by atoms with Crippen LogP contribution in [-0.2, 0) is 11.3 Å². The van der Waals surface area contributed by atoms with Crippen molar-refractivity contribution < 1.29 is 15.0 Å². The third-order valence-electron chi connectivity index (χ3n) is 5.57. The largest absolute Gasteiger partial charge is 0.332 e. The second-order valence-electron chi connectivity index (χ2n) is 7.48. The molecule has 1 saturated heterocycles. The molecule has 27 heavy (non-hydrogen) atoms. The van der Waals surface area contributed by atoms with Gasteiger partial charge in [0.1, 0.15) is 12.6 Å². The van der Waals surface area contributed by atoms with Gasteiger partial charge >= 0.3 is 0 Å². The van der Waals surface area contributed by atoms with E-state index in [1.807, 2.05) is 29.2 Å². The van der Waals surface area contributed by atoms with Crippen LogP contribution in [0.15, 0.2) is 48.5 Å². The summed E-state index contributed by atoms with van der Waals surface area (Å²) < 4.78 is 0. The molecule has 0 spiro atoms. The molecule has 0 bridgehead atoms. The van der Waals surface area contributed by atoms with Crippen LogP contribution in [0.2, 0.25) is 5.02 Å². The summed E-state index contributed by atoms with van der Waals surface area (Å²) in [6.07, 6.45) is 0. The number of amides is 1. The minimum Gasteiger partial charge on any atom is -0.332 e. The number of carbonyl (C=O) groups excluding carboxylic acids is 1. The Labute approximate surface area is 167 Å². The van der Waals surface area contributed by atoms with Crippen LogP contribution in [0.1, 0.15) is 29.7 Å². The number of piperazine rings is 1. The summed E-state index contributed by atoms with van der Waals surface area (Å²) in [7, 11) is 0. The Bertz CT molecular complexity index is 772. The van der Waals surface area contributed by atoms with Gasteiger partial charge in [0, 0.05) is 16.1 Å². The molecule has 0 aromatic heterocycles. The predicted molar refractivity (Wildman–Crippen MR) is 109 cm³/mol. The average molecular weight is 388 g/mol. The van der Waals surface area contributed by atoms with E-state index in [0.29, 0.717) is 6.54 Å². The van der Waals surface area contributed by atoms with E-state index >= 15 is 0 Å². The highest BCUT2D eigenvalue weighted by Gasteiger charge is 2.25. The molecule has 1 aliphatic rings. The molecule has 1 fully saturated rings. The molecule has 1 heterocycles. The second-order valence-corrected chi connectivity index (χ2v) is 7.89. The number of rotatable bonds is 6. The van der Waals surface area contributed by atoms with Gasteiger partial charge in [0.2, 0.25) is 0 Å². The van der Waals surface area contributed by atoms with Crippen LogP contribution in [0.5, 0.6) is 0 Å². The molecule has 3 rings (SSSR count). The van der Waals surface area contributed by atoms with Crippen LogP contribution in [0.3, 0.4) is 0 Å². The predicted octanol–water partition coefficient (Wildman–Crippen LogP) is 1.20. The topological polar surface area (TPSA) is 41.4 Å². The van der Waals surface area contributed by atoms with E-state index in [9.17, 15) is 4.79 Å². The molecule has 1 amide bonds. The maximum Gasteiger partial charge on any atom is 0.278 e.